The standard InChI is InChI=1S/C10H11FO2/c1-6-4-7(11)5-8(9(6)12)10(13)2-3-10/h4-5,12-13H,2-3H2,1H3. The fourth-order valence-electron chi connectivity index (χ4n) is 1.48. The molecule has 0 amide bonds. The number of benzene rings is 1. The monoisotopic (exact) mass is 182 g/mol. The number of rotatable bonds is 1. The lowest BCUT2D eigenvalue weighted by molar-refractivity contribution is 0.147. The first-order valence-corrected chi connectivity index (χ1v) is 4.25. The number of phenols is 1. The van der Waals surface area contributed by atoms with Gasteiger partial charge in [-0.05, 0) is 37.5 Å². The average Bonchev–Trinajstić information content (AvgIpc) is 2.77. The quantitative estimate of drug-likeness (QED) is 0.695. The molecular weight excluding hydrogens is 171 g/mol. The maximum Gasteiger partial charge on any atom is 0.124 e. The van der Waals surface area contributed by atoms with E-state index in [1.165, 1.54) is 12.1 Å². The van der Waals surface area contributed by atoms with Crippen LogP contribution in [0.3, 0.4) is 0 Å². The maximum atomic E-state index is 12.9. The average molecular weight is 182 g/mol. The van der Waals surface area contributed by atoms with Crippen molar-refractivity contribution < 1.29 is 14.6 Å². The minimum absolute atomic E-state index is 0.0152. The van der Waals surface area contributed by atoms with Crippen LogP contribution in [0.1, 0.15) is 24.0 Å². The smallest absolute Gasteiger partial charge is 0.124 e. The van der Waals surface area contributed by atoms with Gasteiger partial charge in [0.05, 0.1) is 5.60 Å². The number of aliphatic hydroxyl groups is 1. The van der Waals surface area contributed by atoms with Crippen LogP contribution in [0.5, 0.6) is 5.75 Å². The van der Waals surface area contributed by atoms with Crippen molar-refractivity contribution in [2.45, 2.75) is 25.4 Å². The molecule has 13 heavy (non-hydrogen) atoms. The number of phenolic OH excluding ortho intramolecular Hbond substituents is 1. The highest BCUT2D eigenvalue weighted by Gasteiger charge is 2.44. The number of halogens is 1. The molecule has 1 fully saturated rings. The molecule has 0 unspecified atom stereocenters. The maximum absolute atomic E-state index is 12.9. The zero-order chi connectivity index (χ0) is 9.64. The van der Waals surface area contributed by atoms with E-state index in [0.29, 0.717) is 24.0 Å². The van der Waals surface area contributed by atoms with Crippen molar-refractivity contribution in [2.75, 3.05) is 0 Å². The van der Waals surface area contributed by atoms with E-state index in [0.717, 1.165) is 0 Å². The van der Waals surface area contributed by atoms with E-state index in [4.69, 9.17) is 0 Å². The Labute approximate surface area is 75.6 Å². The van der Waals surface area contributed by atoms with Gasteiger partial charge in [0.1, 0.15) is 11.6 Å². The molecule has 0 aliphatic heterocycles. The minimum atomic E-state index is -0.975. The van der Waals surface area contributed by atoms with E-state index in [-0.39, 0.29) is 5.75 Å². The highest BCUT2D eigenvalue weighted by molar-refractivity contribution is 5.45. The van der Waals surface area contributed by atoms with Crippen LogP contribution in [0.4, 0.5) is 4.39 Å². The van der Waals surface area contributed by atoms with Crippen LogP contribution in [0.2, 0.25) is 0 Å². The third-order valence-electron chi connectivity index (χ3n) is 2.49. The molecule has 2 nitrogen and oxygen atoms in total. The largest absolute Gasteiger partial charge is 0.507 e. The van der Waals surface area contributed by atoms with Crippen LogP contribution >= 0.6 is 0 Å². The van der Waals surface area contributed by atoms with Crippen LogP contribution in [0.25, 0.3) is 0 Å². The fraction of sp³-hybridized carbons (Fsp3) is 0.400. The van der Waals surface area contributed by atoms with Crippen LogP contribution < -0.4 is 0 Å². The second-order valence-electron chi connectivity index (χ2n) is 3.65. The van der Waals surface area contributed by atoms with E-state index in [9.17, 15) is 14.6 Å². The van der Waals surface area contributed by atoms with Gasteiger partial charge in [0, 0.05) is 5.56 Å². The Morgan fingerprint density at radius 3 is 2.54 bits per heavy atom. The predicted molar refractivity (Wildman–Crippen MR) is 45.9 cm³/mol. The third-order valence-corrected chi connectivity index (χ3v) is 2.49. The summed E-state index contributed by atoms with van der Waals surface area (Å²) in [6.45, 7) is 1.62. The summed E-state index contributed by atoms with van der Waals surface area (Å²) < 4.78 is 12.9. The summed E-state index contributed by atoms with van der Waals surface area (Å²) in [6.07, 6.45) is 1.20. The highest BCUT2D eigenvalue weighted by atomic mass is 19.1. The van der Waals surface area contributed by atoms with Crippen molar-refractivity contribution >= 4 is 0 Å². The molecule has 3 heteroatoms. The predicted octanol–water partition coefficient (Wildman–Crippen LogP) is 1.82. The Bertz CT molecular complexity index is 356. The fourth-order valence-corrected chi connectivity index (χ4v) is 1.48. The molecule has 0 heterocycles. The van der Waals surface area contributed by atoms with Crippen molar-refractivity contribution in [3.63, 3.8) is 0 Å². The van der Waals surface area contributed by atoms with E-state index in [2.05, 4.69) is 0 Å². The van der Waals surface area contributed by atoms with Crippen LogP contribution in [-0.4, -0.2) is 10.2 Å². The van der Waals surface area contributed by atoms with Gasteiger partial charge in [0.2, 0.25) is 0 Å². The lowest BCUT2D eigenvalue weighted by atomic mass is 10.0. The van der Waals surface area contributed by atoms with Crippen LogP contribution in [0.15, 0.2) is 12.1 Å². The molecule has 0 bridgehead atoms. The molecule has 2 rings (SSSR count). The molecule has 0 spiro atoms. The van der Waals surface area contributed by atoms with Gasteiger partial charge in [0.15, 0.2) is 0 Å². The van der Waals surface area contributed by atoms with Gasteiger partial charge in [-0.25, -0.2) is 4.39 Å². The summed E-state index contributed by atoms with van der Waals surface area (Å²) in [7, 11) is 0. The summed E-state index contributed by atoms with van der Waals surface area (Å²) in [5, 5.41) is 19.3. The number of hydrogen-bond donors (Lipinski definition) is 2. The number of aryl methyl sites for hydroxylation is 1. The van der Waals surface area contributed by atoms with Gasteiger partial charge in [-0.2, -0.15) is 0 Å². The molecule has 1 aliphatic carbocycles. The van der Waals surface area contributed by atoms with Crippen LogP contribution in [-0.2, 0) is 5.60 Å². The van der Waals surface area contributed by atoms with Crippen molar-refractivity contribution in [1.29, 1.82) is 0 Å². The Kier molecular flexibility index (Phi) is 1.60. The van der Waals surface area contributed by atoms with E-state index < -0.39 is 11.4 Å². The molecular formula is C10H11FO2. The summed E-state index contributed by atoms with van der Waals surface area (Å²) >= 11 is 0. The minimum Gasteiger partial charge on any atom is -0.507 e. The van der Waals surface area contributed by atoms with Gasteiger partial charge in [-0.1, -0.05) is 0 Å². The van der Waals surface area contributed by atoms with E-state index in [1.54, 1.807) is 6.92 Å². The zero-order valence-electron chi connectivity index (χ0n) is 7.34. The summed E-state index contributed by atoms with van der Waals surface area (Å²) in [5.74, 6) is -0.396. The Balaban J connectivity index is 2.56. The molecule has 0 aromatic heterocycles. The van der Waals surface area contributed by atoms with E-state index in [1.807, 2.05) is 0 Å². The number of hydrogen-bond acceptors (Lipinski definition) is 2. The molecule has 1 aromatic carbocycles. The SMILES string of the molecule is Cc1cc(F)cc(C2(O)CC2)c1O. The normalized spacial score (nSPS) is 18.7. The van der Waals surface area contributed by atoms with Gasteiger partial charge in [0.25, 0.3) is 0 Å². The van der Waals surface area contributed by atoms with Crippen LogP contribution in [0, 0.1) is 12.7 Å². The molecule has 0 saturated heterocycles. The summed E-state index contributed by atoms with van der Waals surface area (Å²) in [4.78, 5) is 0. The first kappa shape index (κ1) is 8.51. The Hall–Kier alpha value is -1.09. The van der Waals surface area contributed by atoms with Crippen molar-refractivity contribution in [3.8, 4) is 5.75 Å². The molecule has 1 aromatic rings. The second kappa shape index (κ2) is 2.45. The lowest BCUT2D eigenvalue weighted by Gasteiger charge is -2.12. The van der Waals surface area contributed by atoms with E-state index >= 15 is 0 Å². The Morgan fingerprint density at radius 2 is 2.00 bits per heavy atom. The van der Waals surface area contributed by atoms with Gasteiger partial charge >= 0.3 is 0 Å². The summed E-state index contributed by atoms with van der Waals surface area (Å²) in [5.41, 5.74) is -0.183. The topological polar surface area (TPSA) is 40.5 Å². The second-order valence-corrected chi connectivity index (χ2v) is 3.65. The molecule has 1 aliphatic rings. The first-order chi connectivity index (χ1) is 6.03. The van der Waals surface area contributed by atoms with Gasteiger partial charge in [-0.15, -0.1) is 0 Å². The van der Waals surface area contributed by atoms with Crippen molar-refractivity contribution in [3.05, 3.63) is 29.1 Å². The van der Waals surface area contributed by atoms with Crippen molar-refractivity contribution in [1.82, 2.24) is 0 Å². The third kappa shape index (κ3) is 1.29. The molecule has 1 saturated carbocycles. The molecule has 70 valence electrons. The Morgan fingerprint density at radius 1 is 1.38 bits per heavy atom. The lowest BCUT2D eigenvalue weighted by Crippen LogP contribution is -2.05. The molecule has 0 radical (unpaired) electrons. The highest BCUT2D eigenvalue weighted by Crippen LogP contribution is 2.49. The van der Waals surface area contributed by atoms with Crippen molar-refractivity contribution in [2.24, 2.45) is 0 Å². The summed E-state index contributed by atoms with van der Waals surface area (Å²) in [6, 6.07) is 2.46. The van der Waals surface area contributed by atoms with Gasteiger partial charge in [-0.3, -0.25) is 0 Å². The first-order valence-electron chi connectivity index (χ1n) is 4.25. The molecule has 2 N–H and O–H groups in total. The zero-order valence-corrected chi connectivity index (χ0v) is 7.34. The molecule has 0 atom stereocenters. The number of aromatic hydroxyl groups is 1. The van der Waals surface area contributed by atoms with Gasteiger partial charge < -0.3 is 10.2 Å².